The highest BCUT2D eigenvalue weighted by atomic mass is 79.9. The molecule has 0 aliphatic carbocycles. The molecule has 0 spiro atoms. The molecule has 0 fully saturated rings. The first-order valence-corrected chi connectivity index (χ1v) is 7.99. The van der Waals surface area contributed by atoms with Crippen LogP contribution in [0.25, 0.3) is 0 Å². The highest BCUT2D eigenvalue weighted by Gasteiger charge is 2.20. The number of rotatable bonds is 4. The zero-order valence-electron chi connectivity index (χ0n) is 10.9. The Hall–Kier alpha value is -1.67. The van der Waals surface area contributed by atoms with Gasteiger partial charge in [0.25, 0.3) is 10.0 Å². The summed E-state index contributed by atoms with van der Waals surface area (Å²) in [6.45, 7) is 1.85. The standard InChI is InChI=1S/C12H13BrN4O2S/c1-8-6-11(16-7-9(8)13)17-20(18,19)12-10(14-2)4-3-5-15-12/h3-7,14H,1-2H3,(H,16,17). The molecule has 0 saturated heterocycles. The predicted molar refractivity (Wildman–Crippen MR) is 81.3 cm³/mol. The zero-order chi connectivity index (χ0) is 14.8. The Morgan fingerprint density at radius 1 is 1.30 bits per heavy atom. The van der Waals surface area contributed by atoms with Gasteiger partial charge in [-0.15, -0.1) is 0 Å². The largest absolute Gasteiger partial charge is 0.386 e. The average Bonchev–Trinajstić information content (AvgIpc) is 2.42. The van der Waals surface area contributed by atoms with Crippen LogP contribution in [0.4, 0.5) is 11.5 Å². The summed E-state index contributed by atoms with van der Waals surface area (Å²) in [6, 6.07) is 4.94. The van der Waals surface area contributed by atoms with Crippen molar-refractivity contribution in [2.24, 2.45) is 0 Å². The first-order valence-electron chi connectivity index (χ1n) is 5.72. The lowest BCUT2D eigenvalue weighted by molar-refractivity contribution is 0.598. The van der Waals surface area contributed by atoms with Gasteiger partial charge in [0, 0.05) is 23.9 Å². The summed E-state index contributed by atoms with van der Waals surface area (Å²) in [5.74, 6) is 0.249. The van der Waals surface area contributed by atoms with Crippen molar-refractivity contribution in [3.63, 3.8) is 0 Å². The summed E-state index contributed by atoms with van der Waals surface area (Å²) < 4.78 is 27.9. The van der Waals surface area contributed by atoms with Crippen LogP contribution < -0.4 is 10.0 Å². The van der Waals surface area contributed by atoms with Crippen LogP contribution >= 0.6 is 15.9 Å². The molecular formula is C12H13BrN4O2S. The molecule has 2 aromatic heterocycles. The molecule has 0 saturated carbocycles. The molecule has 0 aliphatic heterocycles. The monoisotopic (exact) mass is 356 g/mol. The first kappa shape index (κ1) is 14.7. The maximum absolute atomic E-state index is 12.3. The number of aryl methyl sites for hydroxylation is 1. The topological polar surface area (TPSA) is 84.0 Å². The van der Waals surface area contributed by atoms with E-state index in [2.05, 4.69) is 35.9 Å². The Balaban J connectivity index is 2.38. The van der Waals surface area contributed by atoms with Gasteiger partial charge in [0.05, 0.1) is 5.69 Å². The number of nitrogens with one attached hydrogen (secondary N) is 2. The number of halogens is 1. The summed E-state index contributed by atoms with van der Waals surface area (Å²) in [4.78, 5) is 7.93. The minimum atomic E-state index is -3.79. The van der Waals surface area contributed by atoms with Crippen molar-refractivity contribution in [1.29, 1.82) is 0 Å². The Labute approximate surface area is 125 Å². The van der Waals surface area contributed by atoms with Gasteiger partial charge in [-0.3, -0.25) is 4.72 Å². The van der Waals surface area contributed by atoms with Crippen LogP contribution in [0.15, 0.2) is 40.1 Å². The molecule has 2 aromatic rings. The van der Waals surface area contributed by atoms with E-state index in [4.69, 9.17) is 0 Å². The summed E-state index contributed by atoms with van der Waals surface area (Å²) in [6.07, 6.45) is 2.97. The van der Waals surface area contributed by atoms with Crippen molar-refractivity contribution in [2.75, 3.05) is 17.1 Å². The van der Waals surface area contributed by atoms with E-state index in [0.29, 0.717) is 5.69 Å². The summed E-state index contributed by atoms with van der Waals surface area (Å²) in [5, 5.41) is 2.73. The van der Waals surface area contributed by atoms with Crippen LogP contribution in [-0.2, 0) is 10.0 Å². The second-order valence-electron chi connectivity index (χ2n) is 4.03. The average molecular weight is 357 g/mol. The molecule has 0 unspecified atom stereocenters. The Kier molecular flexibility index (Phi) is 4.24. The van der Waals surface area contributed by atoms with Crippen molar-refractivity contribution < 1.29 is 8.42 Å². The number of anilines is 2. The summed E-state index contributed by atoms with van der Waals surface area (Å²) in [7, 11) is -2.15. The van der Waals surface area contributed by atoms with E-state index in [1.54, 1.807) is 31.4 Å². The van der Waals surface area contributed by atoms with E-state index < -0.39 is 10.0 Å². The fraction of sp³-hybridized carbons (Fsp3) is 0.167. The third kappa shape index (κ3) is 3.07. The number of sulfonamides is 1. The fourth-order valence-corrected chi connectivity index (χ4v) is 2.94. The van der Waals surface area contributed by atoms with Gasteiger partial charge in [0.15, 0.2) is 5.03 Å². The molecule has 0 aliphatic rings. The van der Waals surface area contributed by atoms with Gasteiger partial charge in [-0.1, -0.05) is 0 Å². The molecule has 106 valence electrons. The Bertz CT molecular complexity index is 734. The van der Waals surface area contributed by atoms with Crippen molar-refractivity contribution in [3.05, 3.63) is 40.6 Å². The van der Waals surface area contributed by atoms with Gasteiger partial charge in [-0.05, 0) is 46.6 Å². The quantitative estimate of drug-likeness (QED) is 0.878. The molecule has 2 rings (SSSR count). The van der Waals surface area contributed by atoms with Gasteiger partial charge in [-0.25, -0.2) is 9.97 Å². The lowest BCUT2D eigenvalue weighted by Crippen LogP contribution is -2.17. The molecule has 2 heterocycles. The minimum absolute atomic E-state index is 0.0649. The minimum Gasteiger partial charge on any atom is -0.386 e. The van der Waals surface area contributed by atoms with E-state index in [1.165, 1.54) is 6.20 Å². The Morgan fingerprint density at radius 3 is 2.70 bits per heavy atom. The van der Waals surface area contributed by atoms with Crippen LogP contribution in [0, 0.1) is 6.92 Å². The van der Waals surface area contributed by atoms with Crippen molar-refractivity contribution in [3.8, 4) is 0 Å². The third-order valence-corrected chi connectivity index (χ3v) is 4.72. The molecular weight excluding hydrogens is 344 g/mol. The third-order valence-electron chi connectivity index (χ3n) is 2.58. The lowest BCUT2D eigenvalue weighted by Gasteiger charge is -2.10. The van der Waals surface area contributed by atoms with Crippen LogP contribution in [0.1, 0.15) is 5.56 Å². The number of pyridine rings is 2. The summed E-state index contributed by atoms with van der Waals surface area (Å²) >= 11 is 3.31. The molecule has 8 heteroatoms. The van der Waals surface area contributed by atoms with E-state index in [-0.39, 0.29) is 10.8 Å². The molecule has 2 N–H and O–H groups in total. The van der Waals surface area contributed by atoms with E-state index in [1.807, 2.05) is 6.92 Å². The van der Waals surface area contributed by atoms with Gasteiger partial charge < -0.3 is 5.32 Å². The highest BCUT2D eigenvalue weighted by molar-refractivity contribution is 9.10. The second-order valence-corrected chi connectivity index (χ2v) is 6.48. The summed E-state index contributed by atoms with van der Waals surface area (Å²) in [5.41, 5.74) is 1.31. The number of nitrogens with zero attached hydrogens (tertiary/aromatic N) is 2. The molecule has 0 bridgehead atoms. The molecule has 0 atom stereocenters. The SMILES string of the molecule is CNc1cccnc1S(=O)(=O)Nc1cc(C)c(Br)cn1. The lowest BCUT2D eigenvalue weighted by atomic mass is 10.3. The number of hydrogen-bond acceptors (Lipinski definition) is 5. The molecule has 20 heavy (non-hydrogen) atoms. The van der Waals surface area contributed by atoms with Crippen molar-refractivity contribution in [2.45, 2.75) is 11.9 Å². The fourth-order valence-electron chi connectivity index (χ4n) is 1.58. The second kappa shape index (κ2) is 5.76. The van der Waals surface area contributed by atoms with Crippen LogP contribution in [0.5, 0.6) is 0 Å². The smallest absolute Gasteiger partial charge is 0.282 e. The van der Waals surface area contributed by atoms with E-state index >= 15 is 0 Å². The molecule has 0 amide bonds. The van der Waals surface area contributed by atoms with Gasteiger partial charge in [0.2, 0.25) is 0 Å². The molecule has 0 aromatic carbocycles. The van der Waals surface area contributed by atoms with Gasteiger partial charge >= 0.3 is 0 Å². The van der Waals surface area contributed by atoms with E-state index in [9.17, 15) is 8.42 Å². The molecule has 0 radical (unpaired) electrons. The van der Waals surface area contributed by atoms with Gasteiger partial charge in [-0.2, -0.15) is 8.42 Å². The van der Waals surface area contributed by atoms with E-state index in [0.717, 1.165) is 10.0 Å². The highest BCUT2D eigenvalue weighted by Crippen LogP contribution is 2.22. The number of aromatic nitrogens is 2. The zero-order valence-corrected chi connectivity index (χ0v) is 13.3. The molecule has 6 nitrogen and oxygen atoms in total. The maximum Gasteiger partial charge on any atom is 0.282 e. The number of hydrogen-bond donors (Lipinski definition) is 2. The van der Waals surface area contributed by atoms with Crippen molar-refractivity contribution in [1.82, 2.24) is 9.97 Å². The first-order chi connectivity index (χ1) is 9.44. The predicted octanol–water partition coefficient (Wildman–Crippen LogP) is 2.39. The normalized spacial score (nSPS) is 11.2. The maximum atomic E-state index is 12.3. The van der Waals surface area contributed by atoms with Gasteiger partial charge in [0.1, 0.15) is 5.82 Å². The van der Waals surface area contributed by atoms with Crippen LogP contribution in [-0.4, -0.2) is 25.4 Å². The Morgan fingerprint density at radius 2 is 2.05 bits per heavy atom. The van der Waals surface area contributed by atoms with Crippen LogP contribution in [0.3, 0.4) is 0 Å². The van der Waals surface area contributed by atoms with Crippen molar-refractivity contribution >= 4 is 37.5 Å². The van der Waals surface area contributed by atoms with Crippen LogP contribution in [0.2, 0.25) is 0 Å².